The molecule has 5 nitrogen and oxygen atoms in total. The van der Waals surface area contributed by atoms with E-state index >= 15 is 0 Å². The quantitative estimate of drug-likeness (QED) is 0.573. The lowest BCUT2D eigenvalue weighted by molar-refractivity contribution is 0.0844. The van der Waals surface area contributed by atoms with Crippen LogP contribution in [0, 0.1) is 3.57 Å². The molecule has 0 unspecified atom stereocenters. The Morgan fingerprint density at radius 1 is 0.957 bits per heavy atom. The number of rotatable bonds is 5. The minimum atomic E-state index is -0.420. The third-order valence-electron chi connectivity index (χ3n) is 3.00. The van der Waals surface area contributed by atoms with Crippen molar-refractivity contribution in [2.24, 2.45) is 0 Å². The van der Waals surface area contributed by atoms with E-state index in [9.17, 15) is 9.59 Å². The Kier molecular flexibility index (Phi) is 6.40. The highest BCUT2D eigenvalue weighted by Crippen LogP contribution is 2.18. The van der Waals surface area contributed by atoms with Crippen molar-refractivity contribution in [1.29, 1.82) is 0 Å². The summed E-state index contributed by atoms with van der Waals surface area (Å²) in [4.78, 5) is 24.3. The van der Waals surface area contributed by atoms with Gasteiger partial charge >= 0.3 is 0 Å². The van der Waals surface area contributed by atoms with Gasteiger partial charge in [-0.15, -0.1) is 0 Å². The number of carbonyl (C=O) groups is 2. The van der Waals surface area contributed by atoms with Crippen molar-refractivity contribution in [2.45, 2.75) is 13.3 Å². The molecule has 0 aliphatic rings. The van der Waals surface area contributed by atoms with Crippen molar-refractivity contribution in [2.75, 3.05) is 6.61 Å². The molecule has 0 aromatic heterocycles. The van der Waals surface area contributed by atoms with Gasteiger partial charge in [-0.25, -0.2) is 0 Å². The van der Waals surface area contributed by atoms with E-state index in [0.29, 0.717) is 23.5 Å². The second kappa shape index (κ2) is 8.52. The molecule has 23 heavy (non-hydrogen) atoms. The van der Waals surface area contributed by atoms with E-state index in [1.165, 1.54) is 0 Å². The Morgan fingerprint density at radius 2 is 1.52 bits per heavy atom. The van der Waals surface area contributed by atoms with Gasteiger partial charge in [0, 0.05) is 3.57 Å². The Bertz CT molecular complexity index is 704. The molecule has 0 saturated heterocycles. The monoisotopic (exact) mass is 424 g/mol. The molecule has 2 amide bonds. The van der Waals surface area contributed by atoms with E-state index in [2.05, 4.69) is 33.4 Å². The molecule has 6 heteroatoms. The third-order valence-corrected chi connectivity index (χ3v) is 3.94. The summed E-state index contributed by atoms with van der Waals surface area (Å²) >= 11 is 2.07. The normalized spacial score (nSPS) is 10.0. The molecular formula is C17H17IN2O3. The topological polar surface area (TPSA) is 67.4 Å². The number of halogens is 1. The van der Waals surface area contributed by atoms with Crippen LogP contribution in [0.15, 0.2) is 48.5 Å². The van der Waals surface area contributed by atoms with Crippen LogP contribution in [-0.4, -0.2) is 18.4 Å². The highest BCUT2D eigenvalue weighted by Gasteiger charge is 2.14. The zero-order chi connectivity index (χ0) is 16.7. The van der Waals surface area contributed by atoms with Crippen molar-refractivity contribution in [3.63, 3.8) is 0 Å². The Hall–Kier alpha value is -2.09. The van der Waals surface area contributed by atoms with Crippen LogP contribution in [0.1, 0.15) is 34.1 Å². The van der Waals surface area contributed by atoms with Crippen molar-refractivity contribution in [3.8, 4) is 5.75 Å². The van der Waals surface area contributed by atoms with Gasteiger partial charge in [0.05, 0.1) is 17.7 Å². The maximum atomic E-state index is 12.2. The molecular weight excluding hydrogens is 407 g/mol. The lowest BCUT2D eigenvalue weighted by Crippen LogP contribution is -2.42. The third kappa shape index (κ3) is 4.69. The number of amides is 2. The van der Waals surface area contributed by atoms with Crippen molar-refractivity contribution < 1.29 is 14.3 Å². The molecule has 0 heterocycles. The predicted octanol–water partition coefficient (Wildman–Crippen LogP) is 3.15. The molecule has 120 valence electrons. The van der Waals surface area contributed by atoms with E-state index in [4.69, 9.17) is 4.74 Å². The maximum absolute atomic E-state index is 12.2. The minimum Gasteiger partial charge on any atom is -0.493 e. The van der Waals surface area contributed by atoms with E-state index in [1.807, 2.05) is 19.1 Å². The highest BCUT2D eigenvalue weighted by molar-refractivity contribution is 14.1. The maximum Gasteiger partial charge on any atom is 0.273 e. The average molecular weight is 424 g/mol. The second-order valence-electron chi connectivity index (χ2n) is 4.73. The number of carbonyl (C=O) groups excluding carboxylic acids is 2. The summed E-state index contributed by atoms with van der Waals surface area (Å²) in [5.41, 5.74) is 5.72. The summed E-state index contributed by atoms with van der Waals surface area (Å²) in [5, 5.41) is 0. The molecule has 2 N–H and O–H groups in total. The van der Waals surface area contributed by atoms with Gasteiger partial charge in [-0.3, -0.25) is 20.4 Å². The zero-order valence-electron chi connectivity index (χ0n) is 12.6. The van der Waals surface area contributed by atoms with Gasteiger partial charge in [-0.05, 0) is 53.3 Å². The number of hydrogen-bond acceptors (Lipinski definition) is 3. The summed E-state index contributed by atoms with van der Waals surface area (Å²) in [5.74, 6) is -0.290. The number of nitrogens with one attached hydrogen (secondary N) is 2. The fraction of sp³-hybridized carbons (Fsp3) is 0.176. The van der Waals surface area contributed by atoms with Gasteiger partial charge < -0.3 is 4.74 Å². The Morgan fingerprint density at radius 3 is 2.17 bits per heavy atom. The SMILES string of the molecule is CCCOc1ccccc1C(=O)NNC(=O)c1ccccc1I. The van der Waals surface area contributed by atoms with Crippen LogP contribution in [0.4, 0.5) is 0 Å². The van der Waals surface area contributed by atoms with Gasteiger partial charge in [0.15, 0.2) is 0 Å². The van der Waals surface area contributed by atoms with E-state index in [1.54, 1.807) is 36.4 Å². The van der Waals surface area contributed by atoms with Gasteiger partial charge in [0.2, 0.25) is 0 Å². The number of ether oxygens (including phenoxy) is 1. The molecule has 2 rings (SSSR count). The molecule has 0 aliphatic heterocycles. The molecule has 0 aliphatic carbocycles. The van der Waals surface area contributed by atoms with Gasteiger partial charge in [0.1, 0.15) is 5.75 Å². The first-order chi connectivity index (χ1) is 11.1. The average Bonchev–Trinajstić information content (AvgIpc) is 2.58. The fourth-order valence-electron chi connectivity index (χ4n) is 1.89. The first-order valence-electron chi connectivity index (χ1n) is 7.20. The van der Waals surface area contributed by atoms with E-state index < -0.39 is 5.91 Å². The molecule has 0 spiro atoms. The van der Waals surface area contributed by atoms with Gasteiger partial charge in [-0.1, -0.05) is 31.2 Å². The van der Waals surface area contributed by atoms with E-state index in [0.717, 1.165) is 9.99 Å². The van der Waals surface area contributed by atoms with Gasteiger partial charge in [-0.2, -0.15) is 0 Å². The first kappa shape index (κ1) is 17.3. The Labute approximate surface area is 148 Å². The van der Waals surface area contributed by atoms with Crippen LogP contribution in [-0.2, 0) is 0 Å². The number of hydrogen-bond donors (Lipinski definition) is 2. The minimum absolute atomic E-state index is 0.365. The molecule has 2 aromatic carbocycles. The van der Waals surface area contributed by atoms with Gasteiger partial charge in [0.25, 0.3) is 11.8 Å². The lowest BCUT2D eigenvalue weighted by atomic mass is 10.2. The second-order valence-corrected chi connectivity index (χ2v) is 5.89. The molecule has 0 saturated carbocycles. The smallest absolute Gasteiger partial charge is 0.273 e. The van der Waals surface area contributed by atoms with Crippen LogP contribution in [0.3, 0.4) is 0 Å². The van der Waals surface area contributed by atoms with E-state index in [-0.39, 0.29) is 5.91 Å². The van der Waals surface area contributed by atoms with Crippen LogP contribution in [0.5, 0.6) is 5.75 Å². The predicted molar refractivity (Wildman–Crippen MR) is 96.3 cm³/mol. The molecule has 0 radical (unpaired) electrons. The largest absolute Gasteiger partial charge is 0.493 e. The molecule has 0 bridgehead atoms. The van der Waals surface area contributed by atoms with Crippen LogP contribution in [0.25, 0.3) is 0 Å². The number of hydrazine groups is 1. The summed E-state index contributed by atoms with van der Waals surface area (Å²) < 4.78 is 6.35. The summed E-state index contributed by atoms with van der Waals surface area (Å²) in [6.07, 6.45) is 0.846. The lowest BCUT2D eigenvalue weighted by Gasteiger charge is -2.12. The van der Waals surface area contributed by atoms with Crippen LogP contribution in [0.2, 0.25) is 0 Å². The van der Waals surface area contributed by atoms with Crippen molar-refractivity contribution >= 4 is 34.4 Å². The molecule has 2 aromatic rings. The van der Waals surface area contributed by atoms with Crippen molar-refractivity contribution in [1.82, 2.24) is 10.9 Å². The standard InChI is InChI=1S/C17H17IN2O3/c1-2-11-23-15-10-6-4-8-13(15)17(22)20-19-16(21)12-7-3-5-9-14(12)18/h3-10H,2,11H2,1H3,(H,19,21)(H,20,22). The van der Waals surface area contributed by atoms with Crippen LogP contribution >= 0.6 is 22.6 Å². The van der Waals surface area contributed by atoms with Crippen molar-refractivity contribution in [3.05, 3.63) is 63.2 Å². The zero-order valence-corrected chi connectivity index (χ0v) is 14.8. The Balaban J connectivity index is 2.03. The fourth-order valence-corrected chi connectivity index (χ4v) is 2.52. The highest BCUT2D eigenvalue weighted by atomic mass is 127. The number of para-hydroxylation sites is 1. The summed E-state index contributed by atoms with van der Waals surface area (Å²) in [6.45, 7) is 2.52. The number of benzene rings is 2. The summed E-state index contributed by atoms with van der Waals surface area (Å²) in [6, 6.07) is 14.1. The molecule has 0 atom stereocenters. The van der Waals surface area contributed by atoms with Crippen LogP contribution < -0.4 is 15.6 Å². The summed E-state index contributed by atoms with van der Waals surface area (Å²) in [7, 11) is 0. The first-order valence-corrected chi connectivity index (χ1v) is 8.28. The molecule has 0 fully saturated rings.